The Morgan fingerprint density at radius 1 is 0.371 bits per heavy atom. The molecule has 0 amide bonds. The van der Waals surface area contributed by atoms with Crippen molar-refractivity contribution in [3.8, 4) is 5.69 Å². The van der Waals surface area contributed by atoms with E-state index in [-0.39, 0.29) is 44.6 Å². The molecule has 10 aromatic rings. The van der Waals surface area contributed by atoms with Crippen LogP contribution in [0.1, 0.15) is 194 Å². The molecule has 3 heterocycles. The minimum atomic E-state index is -0.171. The van der Waals surface area contributed by atoms with Crippen molar-refractivity contribution in [2.45, 2.75) is 196 Å². The first-order valence-electron chi connectivity index (χ1n) is 33.0. The van der Waals surface area contributed by atoms with Gasteiger partial charge in [0, 0.05) is 62.0 Å². The van der Waals surface area contributed by atoms with Crippen LogP contribution in [-0.2, 0) is 37.9 Å². The minimum Gasteiger partial charge on any atom is -0.311 e. The lowest BCUT2D eigenvalue weighted by Crippen LogP contribution is -2.61. The van der Waals surface area contributed by atoms with Gasteiger partial charge in [0.2, 0.25) is 0 Å². The second kappa shape index (κ2) is 20.4. The van der Waals surface area contributed by atoms with E-state index in [1.165, 1.54) is 128 Å². The molecule has 2 aliphatic heterocycles. The maximum Gasteiger partial charge on any atom is 0.252 e. The van der Waals surface area contributed by atoms with Crippen LogP contribution < -0.4 is 31.1 Å². The lowest BCUT2D eigenvalue weighted by atomic mass is 9.33. The summed E-state index contributed by atoms with van der Waals surface area (Å²) in [7, 11) is 0. The van der Waals surface area contributed by atoms with Crippen molar-refractivity contribution in [2.75, 3.05) is 14.7 Å². The maximum absolute atomic E-state index is 2.70. The molecule has 0 saturated carbocycles. The first-order valence-corrected chi connectivity index (χ1v) is 33.0. The molecule has 0 atom stereocenters. The van der Waals surface area contributed by atoms with E-state index < -0.39 is 0 Å². The van der Waals surface area contributed by atoms with Crippen LogP contribution in [0.4, 0.5) is 51.2 Å². The number of para-hydroxylation sites is 1. The van der Waals surface area contributed by atoms with Gasteiger partial charge in [0.15, 0.2) is 0 Å². The molecule has 454 valence electrons. The summed E-state index contributed by atoms with van der Waals surface area (Å²) in [5.41, 5.74) is 30.2. The van der Waals surface area contributed by atoms with Gasteiger partial charge < -0.3 is 19.3 Å². The summed E-state index contributed by atoms with van der Waals surface area (Å²) >= 11 is 0. The van der Waals surface area contributed by atoms with Crippen molar-refractivity contribution >= 4 is 96.1 Å². The van der Waals surface area contributed by atoms with Crippen LogP contribution in [-0.4, -0.2) is 11.3 Å². The van der Waals surface area contributed by atoms with Gasteiger partial charge >= 0.3 is 0 Å². The van der Waals surface area contributed by atoms with Gasteiger partial charge in [-0.15, -0.1) is 0 Å². The number of hydrogen-bond acceptors (Lipinski definition) is 3. The highest BCUT2D eigenvalue weighted by atomic mass is 15.2. The van der Waals surface area contributed by atoms with Crippen molar-refractivity contribution in [2.24, 2.45) is 0 Å². The molecule has 5 heteroatoms. The Kier molecular flexibility index (Phi) is 13.8. The SMILES string of the molecule is Cc1cc(C(C)(C)C)cc(C)c1N(c1ccc2c(c1)N(c1ccc3c(c1)C(C)(C)CCC3(C)C)c1cc(C(C)(C)C)cc3c1B2c1cc(C(C)(C)C)ccc1N3c1ccc(C(C)(C)C)cc1)c1ccc2c3ccccc3n(-c3ccc(C(C)(C)C)cc3)c2c1. The third-order valence-corrected chi connectivity index (χ3v) is 20.6. The van der Waals surface area contributed by atoms with Crippen LogP contribution in [0.3, 0.4) is 0 Å². The fraction of sp³-hybridized carbons (Fsp3) is 0.357. The Morgan fingerprint density at radius 3 is 1.44 bits per heavy atom. The highest BCUT2D eigenvalue weighted by molar-refractivity contribution is 7.00. The number of hydrogen-bond donors (Lipinski definition) is 0. The molecular weight excluding hydrogens is 1080 g/mol. The van der Waals surface area contributed by atoms with E-state index >= 15 is 0 Å². The van der Waals surface area contributed by atoms with Gasteiger partial charge in [-0.05, 0) is 216 Å². The summed E-state index contributed by atoms with van der Waals surface area (Å²) in [6.07, 6.45) is 2.30. The molecule has 3 aliphatic rings. The van der Waals surface area contributed by atoms with Crippen LogP contribution in [0.5, 0.6) is 0 Å². The molecule has 1 aliphatic carbocycles. The van der Waals surface area contributed by atoms with E-state index in [1.54, 1.807) is 0 Å². The summed E-state index contributed by atoms with van der Waals surface area (Å²) in [6.45, 7) is 49.6. The van der Waals surface area contributed by atoms with Crippen LogP contribution in [0.2, 0.25) is 0 Å². The standard InChI is InChI=1S/C84H95BN4/c1-52-44-57(81(12,13)14)45-53(2)77(52)86(62-35-38-65-64-24-22-23-25-70(64)87(72(65)50-62)59-31-26-54(27-32-59)78(3,4)5)63-37-40-68-73(51-63)89(61-36-39-66-67(49-61)84(20,21)43-42-83(66,18)19)75-48-58(82(15,16)17)47-74-76(75)85(68)69-46-56(80(9,10)11)30-41-71(69)88(74)60-33-28-55(29-34-60)79(6,7)8/h22-41,44-51H,42-43H2,1-21H3. The molecule has 89 heavy (non-hydrogen) atoms. The van der Waals surface area contributed by atoms with E-state index in [4.69, 9.17) is 0 Å². The lowest BCUT2D eigenvalue weighted by Gasteiger charge is -2.46. The summed E-state index contributed by atoms with van der Waals surface area (Å²) in [6, 6.07) is 67.5. The van der Waals surface area contributed by atoms with Gasteiger partial charge in [-0.3, -0.25) is 0 Å². The third kappa shape index (κ3) is 10.1. The fourth-order valence-corrected chi connectivity index (χ4v) is 15.0. The molecule has 13 rings (SSSR count). The molecule has 9 aromatic carbocycles. The lowest BCUT2D eigenvalue weighted by molar-refractivity contribution is 0.332. The summed E-state index contributed by atoms with van der Waals surface area (Å²) in [5.74, 6) is 0. The van der Waals surface area contributed by atoms with Crippen LogP contribution in [0.15, 0.2) is 170 Å². The van der Waals surface area contributed by atoms with Crippen molar-refractivity contribution in [3.63, 3.8) is 0 Å². The Labute approximate surface area is 534 Å². The zero-order valence-corrected chi connectivity index (χ0v) is 57.4. The minimum absolute atomic E-state index is 0.00429. The van der Waals surface area contributed by atoms with E-state index in [1.807, 2.05) is 0 Å². The largest absolute Gasteiger partial charge is 0.311 e. The predicted octanol–water partition coefficient (Wildman–Crippen LogP) is 21.8. The van der Waals surface area contributed by atoms with Crippen LogP contribution >= 0.6 is 0 Å². The molecule has 0 unspecified atom stereocenters. The summed E-state index contributed by atoms with van der Waals surface area (Å²) in [5, 5.41) is 2.49. The molecule has 4 nitrogen and oxygen atoms in total. The van der Waals surface area contributed by atoms with Gasteiger partial charge in [-0.2, -0.15) is 0 Å². The predicted molar refractivity (Wildman–Crippen MR) is 388 cm³/mol. The number of rotatable bonds is 6. The molecule has 0 saturated heterocycles. The van der Waals surface area contributed by atoms with Crippen LogP contribution in [0, 0.1) is 13.8 Å². The van der Waals surface area contributed by atoms with E-state index in [0.717, 1.165) is 29.9 Å². The molecule has 0 radical (unpaired) electrons. The molecule has 0 spiro atoms. The molecule has 1 aromatic heterocycles. The third-order valence-electron chi connectivity index (χ3n) is 20.6. The van der Waals surface area contributed by atoms with Crippen molar-refractivity contribution in [1.29, 1.82) is 0 Å². The van der Waals surface area contributed by atoms with Gasteiger partial charge in [-0.25, -0.2) is 0 Å². The zero-order chi connectivity index (χ0) is 63.6. The van der Waals surface area contributed by atoms with Gasteiger partial charge in [0.25, 0.3) is 6.71 Å². The Balaban J connectivity index is 1.13. The van der Waals surface area contributed by atoms with Crippen molar-refractivity contribution in [1.82, 2.24) is 4.57 Å². The average molecular weight is 1170 g/mol. The molecular formula is C84H95BN4. The first kappa shape index (κ1) is 60.2. The average Bonchev–Trinajstić information content (AvgIpc) is 1.22. The summed E-state index contributed by atoms with van der Waals surface area (Å²) in [4.78, 5) is 7.90. The highest BCUT2D eigenvalue weighted by Gasteiger charge is 2.46. The van der Waals surface area contributed by atoms with Crippen molar-refractivity contribution < 1.29 is 0 Å². The molecule has 0 N–H and O–H groups in total. The Hall–Kier alpha value is -7.76. The maximum atomic E-state index is 2.70. The number of anilines is 9. The fourth-order valence-electron chi connectivity index (χ4n) is 15.0. The van der Waals surface area contributed by atoms with Crippen molar-refractivity contribution in [3.05, 3.63) is 220 Å². The van der Waals surface area contributed by atoms with E-state index in [9.17, 15) is 0 Å². The second-order valence-electron chi connectivity index (χ2n) is 33.2. The summed E-state index contributed by atoms with van der Waals surface area (Å²) < 4.78 is 2.49. The number of nitrogens with zero attached hydrogens (tertiary/aromatic N) is 4. The van der Waals surface area contributed by atoms with Gasteiger partial charge in [0.1, 0.15) is 0 Å². The smallest absolute Gasteiger partial charge is 0.252 e. The Bertz CT molecular complexity index is 4450. The van der Waals surface area contributed by atoms with E-state index in [0.29, 0.717) is 0 Å². The van der Waals surface area contributed by atoms with Crippen LogP contribution in [0.25, 0.3) is 27.5 Å². The monoisotopic (exact) mass is 1170 g/mol. The van der Waals surface area contributed by atoms with E-state index in [2.05, 4.69) is 335 Å². The second-order valence-corrected chi connectivity index (χ2v) is 33.2. The quantitative estimate of drug-likeness (QED) is 0.154. The number of aromatic nitrogens is 1. The zero-order valence-electron chi connectivity index (χ0n) is 57.4. The Morgan fingerprint density at radius 2 is 0.854 bits per heavy atom. The molecule has 0 fully saturated rings. The number of fused-ring (bicyclic) bond motifs is 8. The topological polar surface area (TPSA) is 14.7 Å². The number of aryl methyl sites for hydroxylation is 2. The van der Waals surface area contributed by atoms with Gasteiger partial charge in [-0.1, -0.05) is 216 Å². The highest BCUT2D eigenvalue weighted by Crippen LogP contribution is 2.53. The number of benzene rings is 9. The van der Waals surface area contributed by atoms with Gasteiger partial charge in [0.05, 0.1) is 16.7 Å². The normalized spacial score (nSPS) is 15.5. The first-order chi connectivity index (χ1) is 41.6. The molecule has 0 bridgehead atoms.